The van der Waals surface area contributed by atoms with Crippen molar-refractivity contribution < 1.29 is 4.74 Å². The van der Waals surface area contributed by atoms with E-state index in [-0.39, 0.29) is 0 Å². The van der Waals surface area contributed by atoms with Gasteiger partial charge in [-0.1, -0.05) is 50.5 Å². The van der Waals surface area contributed by atoms with Crippen LogP contribution in [0.25, 0.3) is 0 Å². The molecule has 0 saturated heterocycles. The van der Waals surface area contributed by atoms with Gasteiger partial charge in [0.1, 0.15) is 0 Å². The van der Waals surface area contributed by atoms with Crippen LogP contribution in [-0.2, 0) is 4.74 Å². The number of ether oxygens (including phenoxy) is 1. The second-order valence-electron chi connectivity index (χ2n) is 7.28. The normalized spacial score (nSPS) is 20.6. The van der Waals surface area contributed by atoms with Crippen LogP contribution in [0.1, 0.15) is 81.8 Å². The number of allylic oxidation sites excluding steroid dienone is 1. The van der Waals surface area contributed by atoms with Crippen LogP contribution in [0.4, 0.5) is 0 Å². The number of nitrogens with zero attached hydrogens (tertiary/aromatic N) is 1. The molecule has 2 rings (SSSR count). The van der Waals surface area contributed by atoms with Crippen LogP contribution in [0.2, 0.25) is 0 Å². The SMILES string of the molecule is CCC/C=C/COCCCCC1CCC(c2ccc(C#N)cc2)CC1. The Hall–Kier alpha value is -1.59. The minimum atomic E-state index is 0.697. The van der Waals surface area contributed by atoms with Crippen molar-refractivity contribution in [1.82, 2.24) is 0 Å². The molecule has 0 bridgehead atoms. The van der Waals surface area contributed by atoms with Gasteiger partial charge < -0.3 is 4.74 Å². The minimum Gasteiger partial charge on any atom is -0.377 e. The third-order valence-corrected chi connectivity index (χ3v) is 5.35. The summed E-state index contributed by atoms with van der Waals surface area (Å²) in [5.74, 6) is 1.60. The molecule has 1 saturated carbocycles. The first kappa shape index (κ1) is 19.7. The van der Waals surface area contributed by atoms with Crippen LogP contribution >= 0.6 is 0 Å². The Morgan fingerprint density at radius 2 is 1.84 bits per heavy atom. The summed E-state index contributed by atoms with van der Waals surface area (Å²) in [4.78, 5) is 0. The van der Waals surface area contributed by atoms with Gasteiger partial charge in [-0.3, -0.25) is 0 Å². The Balaban J connectivity index is 1.54. The summed E-state index contributed by atoms with van der Waals surface area (Å²) in [6.45, 7) is 3.87. The summed E-state index contributed by atoms with van der Waals surface area (Å²) < 4.78 is 5.65. The van der Waals surface area contributed by atoms with E-state index in [1.165, 1.54) is 56.9 Å². The highest BCUT2D eigenvalue weighted by Crippen LogP contribution is 2.37. The first-order valence-corrected chi connectivity index (χ1v) is 10.1. The molecule has 1 aromatic carbocycles. The fourth-order valence-electron chi connectivity index (χ4n) is 3.76. The molecule has 2 nitrogen and oxygen atoms in total. The van der Waals surface area contributed by atoms with Gasteiger partial charge in [-0.05, 0) is 68.1 Å². The molecule has 1 aliphatic carbocycles. The number of hydrogen-bond donors (Lipinski definition) is 0. The van der Waals surface area contributed by atoms with Crippen LogP contribution in [-0.4, -0.2) is 13.2 Å². The van der Waals surface area contributed by atoms with Crippen LogP contribution in [0, 0.1) is 17.2 Å². The smallest absolute Gasteiger partial charge is 0.0991 e. The molecule has 0 spiro atoms. The van der Waals surface area contributed by atoms with E-state index in [4.69, 9.17) is 10.00 Å². The molecular formula is C23H33NO. The van der Waals surface area contributed by atoms with Gasteiger partial charge in [0.05, 0.1) is 18.2 Å². The van der Waals surface area contributed by atoms with Crippen molar-refractivity contribution in [2.45, 2.75) is 70.6 Å². The lowest BCUT2D eigenvalue weighted by atomic mass is 9.77. The zero-order valence-electron chi connectivity index (χ0n) is 15.8. The molecule has 1 aliphatic rings. The van der Waals surface area contributed by atoms with Crippen LogP contribution in [0.5, 0.6) is 0 Å². The summed E-state index contributed by atoms with van der Waals surface area (Å²) in [7, 11) is 0. The maximum absolute atomic E-state index is 8.90. The molecule has 0 heterocycles. The maximum atomic E-state index is 8.90. The number of nitriles is 1. The Bertz CT molecular complexity index is 532. The number of rotatable bonds is 10. The summed E-state index contributed by atoms with van der Waals surface area (Å²) in [5, 5.41) is 8.90. The zero-order chi connectivity index (χ0) is 17.7. The van der Waals surface area contributed by atoms with Gasteiger partial charge >= 0.3 is 0 Å². The summed E-state index contributed by atoms with van der Waals surface area (Å²) in [5.41, 5.74) is 2.18. The molecule has 136 valence electrons. The summed E-state index contributed by atoms with van der Waals surface area (Å²) in [6.07, 6.45) is 15.9. The Labute approximate surface area is 153 Å². The van der Waals surface area contributed by atoms with E-state index in [0.29, 0.717) is 5.92 Å². The maximum Gasteiger partial charge on any atom is 0.0991 e. The lowest BCUT2D eigenvalue weighted by Crippen LogP contribution is -2.13. The summed E-state index contributed by atoms with van der Waals surface area (Å²) >= 11 is 0. The topological polar surface area (TPSA) is 33.0 Å². The molecule has 2 heteroatoms. The zero-order valence-corrected chi connectivity index (χ0v) is 15.8. The average Bonchev–Trinajstić information content (AvgIpc) is 2.67. The molecule has 0 aromatic heterocycles. The third-order valence-electron chi connectivity index (χ3n) is 5.35. The van der Waals surface area contributed by atoms with Crippen LogP contribution < -0.4 is 0 Å². The van der Waals surface area contributed by atoms with Crippen molar-refractivity contribution in [1.29, 1.82) is 5.26 Å². The van der Waals surface area contributed by atoms with Crippen molar-refractivity contribution in [3.05, 3.63) is 47.5 Å². The predicted molar refractivity (Wildman–Crippen MR) is 105 cm³/mol. The van der Waals surface area contributed by atoms with E-state index in [0.717, 1.165) is 31.1 Å². The van der Waals surface area contributed by atoms with Gasteiger partial charge in [-0.25, -0.2) is 0 Å². The highest BCUT2D eigenvalue weighted by molar-refractivity contribution is 5.33. The largest absolute Gasteiger partial charge is 0.377 e. The van der Waals surface area contributed by atoms with Gasteiger partial charge in [-0.2, -0.15) is 5.26 Å². The Kier molecular flexibility index (Phi) is 9.37. The van der Waals surface area contributed by atoms with E-state index in [2.05, 4.69) is 37.3 Å². The van der Waals surface area contributed by atoms with Crippen molar-refractivity contribution in [2.75, 3.05) is 13.2 Å². The van der Waals surface area contributed by atoms with Crippen molar-refractivity contribution >= 4 is 0 Å². The van der Waals surface area contributed by atoms with E-state index in [1.807, 2.05) is 12.1 Å². The predicted octanol–water partition coefficient (Wildman–Crippen LogP) is 6.38. The molecule has 0 amide bonds. The van der Waals surface area contributed by atoms with Crippen LogP contribution in [0.3, 0.4) is 0 Å². The molecule has 25 heavy (non-hydrogen) atoms. The molecule has 0 atom stereocenters. The second kappa shape index (κ2) is 11.9. The molecule has 1 fully saturated rings. The molecule has 0 aliphatic heterocycles. The van der Waals surface area contributed by atoms with Gasteiger partial charge in [-0.15, -0.1) is 0 Å². The van der Waals surface area contributed by atoms with Crippen molar-refractivity contribution in [3.63, 3.8) is 0 Å². The van der Waals surface area contributed by atoms with E-state index in [9.17, 15) is 0 Å². The molecule has 0 radical (unpaired) electrons. The van der Waals surface area contributed by atoms with Gasteiger partial charge in [0.15, 0.2) is 0 Å². The second-order valence-corrected chi connectivity index (χ2v) is 7.28. The quantitative estimate of drug-likeness (QED) is 0.366. The van der Waals surface area contributed by atoms with E-state index in [1.54, 1.807) is 0 Å². The van der Waals surface area contributed by atoms with Gasteiger partial charge in [0.2, 0.25) is 0 Å². The van der Waals surface area contributed by atoms with Crippen molar-refractivity contribution in [2.24, 2.45) is 5.92 Å². The van der Waals surface area contributed by atoms with Gasteiger partial charge in [0.25, 0.3) is 0 Å². The van der Waals surface area contributed by atoms with Crippen LogP contribution in [0.15, 0.2) is 36.4 Å². The summed E-state index contributed by atoms with van der Waals surface area (Å²) in [6, 6.07) is 10.4. The highest BCUT2D eigenvalue weighted by atomic mass is 16.5. The minimum absolute atomic E-state index is 0.697. The fraction of sp³-hybridized carbons (Fsp3) is 0.609. The molecular weight excluding hydrogens is 306 g/mol. The number of hydrogen-bond acceptors (Lipinski definition) is 2. The highest BCUT2D eigenvalue weighted by Gasteiger charge is 2.21. The first-order valence-electron chi connectivity index (χ1n) is 10.1. The number of benzene rings is 1. The monoisotopic (exact) mass is 339 g/mol. The fourth-order valence-corrected chi connectivity index (χ4v) is 3.76. The lowest BCUT2D eigenvalue weighted by molar-refractivity contribution is 0.154. The first-order chi connectivity index (χ1) is 12.3. The molecule has 1 aromatic rings. The number of unbranched alkanes of at least 4 members (excludes halogenated alkanes) is 2. The van der Waals surface area contributed by atoms with Crippen molar-refractivity contribution in [3.8, 4) is 6.07 Å². The van der Waals surface area contributed by atoms with E-state index >= 15 is 0 Å². The van der Waals surface area contributed by atoms with Gasteiger partial charge in [0, 0.05) is 6.61 Å². The Morgan fingerprint density at radius 1 is 1.08 bits per heavy atom. The Morgan fingerprint density at radius 3 is 2.52 bits per heavy atom. The lowest BCUT2D eigenvalue weighted by Gasteiger charge is -2.29. The molecule has 0 N–H and O–H groups in total. The molecule has 0 unspecified atom stereocenters. The third kappa shape index (κ3) is 7.45. The average molecular weight is 340 g/mol. The van der Waals surface area contributed by atoms with E-state index < -0.39 is 0 Å². The standard InChI is InChI=1S/C23H33NO/c1-2-3-4-6-17-25-18-7-5-8-20-9-13-22(14-10-20)23-15-11-21(19-24)12-16-23/h4,6,11-12,15-16,20,22H,2-3,5,7-10,13-14,17-18H2,1H3/b6-4+.